The van der Waals surface area contributed by atoms with E-state index < -0.39 is 0 Å². The first-order valence-corrected chi connectivity index (χ1v) is 11.2. The van der Waals surface area contributed by atoms with Crippen molar-refractivity contribution >= 4 is 16.6 Å². The number of Topliss-reactive ketones (excluding diaryl/α,β-unsaturated/α-hetero) is 1. The summed E-state index contributed by atoms with van der Waals surface area (Å²) in [6.45, 7) is 2.03. The van der Waals surface area contributed by atoms with Gasteiger partial charge in [-0.05, 0) is 43.5 Å². The molecule has 1 aliphatic heterocycles. The number of benzene rings is 1. The lowest BCUT2D eigenvalue weighted by atomic mass is 10.0. The molecule has 0 amide bonds. The summed E-state index contributed by atoms with van der Waals surface area (Å²) in [6.07, 6.45) is 9.42. The Morgan fingerprint density at radius 2 is 1.88 bits per heavy atom. The van der Waals surface area contributed by atoms with Crippen molar-refractivity contribution in [2.24, 2.45) is 7.05 Å². The van der Waals surface area contributed by atoms with Crippen LogP contribution in [-0.4, -0.2) is 56.4 Å². The molecular weight excluding hydrogens is 414 g/mol. The van der Waals surface area contributed by atoms with Crippen LogP contribution < -0.4 is 4.74 Å². The number of nitrogens with zero attached hydrogens (tertiary/aromatic N) is 5. The molecule has 0 radical (unpaired) electrons. The van der Waals surface area contributed by atoms with Crippen molar-refractivity contribution in [3.05, 3.63) is 72.6 Å². The minimum absolute atomic E-state index is 0.000247. The SMILES string of the molecule is CN1CCC(Oc2cc(C(=O)Cc3cc4cc(-c5cncn5C)ccc4cn3)ccn2)CC1. The van der Waals surface area contributed by atoms with Gasteiger partial charge in [-0.15, -0.1) is 0 Å². The number of fused-ring (bicyclic) bond motifs is 1. The summed E-state index contributed by atoms with van der Waals surface area (Å²) < 4.78 is 8.04. The normalized spacial score (nSPS) is 15.1. The van der Waals surface area contributed by atoms with Gasteiger partial charge in [0.1, 0.15) is 6.10 Å². The number of pyridine rings is 2. The maximum absolute atomic E-state index is 13.0. The van der Waals surface area contributed by atoms with E-state index in [0.29, 0.717) is 11.4 Å². The fraction of sp³-hybridized carbons (Fsp3) is 0.308. The summed E-state index contributed by atoms with van der Waals surface area (Å²) in [6, 6.07) is 11.7. The highest BCUT2D eigenvalue weighted by atomic mass is 16.5. The Kier molecular flexibility index (Phi) is 5.88. The van der Waals surface area contributed by atoms with Gasteiger partial charge in [-0.25, -0.2) is 9.97 Å². The average molecular weight is 442 g/mol. The van der Waals surface area contributed by atoms with Crippen LogP contribution in [0.15, 0.2) is 61.3 Å². The predicted octanol–water partition coefficient (Wildman–Crippen LogP) is 3.93. The lowest BCUT2D eigenvalue weighted by molar-refractivity contribution is 0.0985. The highest BCUT2D eigenvalue weighted by Gasteiger charge is 2.19. The molecule has 1 fully saturated rings. The van der Waals surface area contributed by atoms with E-state index in [-0.39, 0.29) is 18.3 Å². The second-order valence-corrected chi connectivity index (χ2v) is 8.73. The maximum Gasteiger partial charge on any atom is 0.214 e. The van der Waals surface area contributed by atoms with E-state index in [1.807, 2.05) is 36.1 Å². The molecule has 7 nitrogen and oxygen atoms in total. The van der Waals surface area contributed by atoms with Crippen LogP contribution >= 0.6 is 0 Å². The Hall–Kier alpha value is -3.58. The second kappa shape index (κ2) is 9.11. The highest BCUT2D eigenvalue weighted by molar-refractivity contribution is 5.98. The first-order chi connectivity index (χ1) is 16.0. The maximum atomic E-state index is 13.0. The molecule has 3 aromatic heterocycles. The number of hydrogen-bond acceptors (Lipinski definition) is 6. The molecule has 7 heteroatoms. The van der Waals surface area contributed by atoms with Crippen LogP contribution in [0, 0.1) is 0 Å². The minimum atomic E-state index is 0.000247. The topological polar surface area (TPSA) is 73.1 Å². The smallest absolute Gasteiger partial charge is 0.214 e. The number of imidazole rings is 1. The molecular formula is C26H27N5O2. The Labute approximate surface area is 193 Å². The number of hydrogen-bond donors (Lipinski definition) is 0. The standard InChI is InChI=1S/C26H27N5O2/c1-30-9-6-23(7-10-30)33-26-13-19(5-8-28-26)25(32)14-22-12-21-11-18(3-4-20(21)15-29-22)24-16-27-17-31(24)2/h3-5,8,11-13,15-17,23H,6-7,9-10,14H2,1-2H3. The van der Waals surface area contributed by atoms with Crippen molar-refractivity contribution in [2.45, 2.75) is 25.4 Å². The Balaban J connectivity index is 1.32. The minimum Gasteiger partial charge on any atom is -0.474 e. The third-order valence-electron chi connectivity index (χ3n) is 6.24. The number of aromatic nitrogens is 4. The molecule has 168 valence electrons. The van der Waals surface area contributed by atoms with Gasteiger partial charge in [0.2, 0.25) is 5.88 Å². The van der Waals surface area contributed by atoms with Gasteiger partial charge in [-0.3, -0.25) is 9.78 Å². The number of aryl methyl sites for hydroxylation is 1. The first kappa shape index (κ1) is 21.3. The van der Waals surface area contributed by atoms with Gasteiger partial charge in [0.05, 0.1) is 24.6 Å². The largest absolute Gasteiger partial charge is 0.474 e. The monoisotopic (exact) mass is 441 g/mol. The van der Waals surface area contributed by atoms with E-state index in [9.17, 15) is 4.79 Å². The molecule has 4 aromatic rings. The number of rotatable bonds is 6. The molecule has 1 aromatic carbocycles. The summed E-state index contributed by atoms with van der Waals surface area (Å²) in [7, 11) is 4.09. The zero-order valence-corrected chi connectivity index (χ0v) is 18.9. The Morgan fingerprint density at radius 1 is 1.03 bits per heavy atom. The van der Waals surface area contributed by atoms with Gasteiger partial charge in [-0.1, -0.05) is 12.1 Å². The molecule has 0 bridgehead atoms. The highest BCUT2D eigenvalue weighted by Crippen LogP contribution is 2.25. The van der Waals surface area contributed by atoms with Crippen molar-refractivity contribution in [1.82, 2.24) is 24.4 Å². The van der Waals surface area contributed by atoms with Crippen LogP contribution in [0.25, 0.3) is 22.0 Å². The zero-order chi connectivity index (χ0) is 22.8. The number of ketones is 1. The summed E-state index contributed by atoms with van der Waals surface area (Å²) in [5.41, 5.74) is 3.46. The van der Waals surface area contributed by atoms with Crippen LogP contribution in [0.5, 0.6) is 5.88 Å². The molecule has 0 spiro atoms. The van der Waals surface area contributed by atoms with Gasteiger partial charge in [-0.2, -0.15) is 0 Å². The van der Waals surface area contributed by atoms with E-state index in [0.717, 1.165) is 53.7 Å². The average Bonchev–Trinajstić information content (AvgIpc) is 3.26. The molecule has 0 atom stereocenters. The molecule has 5 rings (SSSR count). The third kappa shape index (κ3) is 4.78. The third-order valence-corrected chi connectivity index (χ3v) is 6.24. The van der Waals surface area contributed by atoms with E-state index in [1.54, 1.807) is 24.7 Å². The predicted molar refractivity (Wildman–Crippen MR) is 127 cm³/mol. The van der Waals surface area contributed by atoms with E-state index in [2.05, 4.69) is 39.0 Å². The van der Waals surface area contributed by atoms with E-state index in [4.69, 9.17) is 4.74 Å². The molecule has 33 heavy (non-hydrogen) atoms. The first-order valence-electron chi connectivity index (χ1n) is 11.2. The number of carbonyl (C=O) groups excluding carboxylic acids is 1. The van der Waals surface area contributed by atoms with Crippen LogP contribution in [0.2, 0.25) is 0 Å². The molecule has 0 unspecified atom stereocenters. The van der Waals surface area contributed by atoms with Crippen molar-refractivity contribution in [1.29, 1.82) is 0 Å². The van der Waals surface area contributed by atoms with Gasteiger partial charge < -0.3 is 14.2 Å². The molecule has 0 saturated carbocycles. The fourth-order valence-corrected chi connectivity index (χ4v) is 4.27. The summed E-state index contributed by atoms with van der Waals surface area (Å²) in [4.78, 5) is 28.3. The van der Waals surface area contributed by atoms with Crippen molar-refractivity contribution in [2.75, 3.05) is 20.1 Å². The summed E-state index contributed by atoms with van der Waals surface area (Å²) in [5, 5.41) is 2.09. The molecule has 4 heterocycles. The van der Waals surface area contributed by atoms with Gasteiger partial charge in [0.25, 0.3) is 0 Å². The van der Waals surface area contributed by atoms with Gasteiger partial charge in [0, 0.05) is 60.8 Å². The quantitative estimate of drug-likeness (QED) is 0.422. The summed E-state index contributed by atoms with van der Waals surface area (Å²) >= 11 is 0. The van der Waals surface area contributed by atoms with E-state index >= 15 is 0 Å². The zero-order valence-electron chi connectivity index (χ0n) is 18.9. The van der Waals surface area contributed by atoms with Gasteiger partial charge >= 0.3 is 0 Å². The fourth-order valence-electron chi connectivity index (χ4n) is 4.27. The van der Waals surface area contributed by atoms with E-state index in [1.165, 1.54) is 0 Å². The molecule has 0 N–H and O–H groups in total. The van der Waals surface area contributed by atoms with Crippen LogP contribution in [0.4, 0.5) is 0 Å². The van der Waals surface area contributed by atoms with Crippen LogP contribution in [0.3, 0.4) is 0 Å². The Bertz CT molecular complexity index is 1290. The molecule has 1 saturated heterocycles. The number of piperidine rings is 1. The molecule has 1 aliphatic rings. The van der Waals surface area contributed by atoms with Crippen molar-refractivity contribution in [3.63, 3.8) is 0 Å². The van der Waals surface area contributed by atoms with Crippen LogP contribution in [-0.2, 0) is 13.5 Å². The lowest BCUT2D eigenvalue weighted by Gasteiger charge is -2.28. The van der Waals surface area contributed by atoms with Crippen molar-refractivity contribution in [3.8, 4) is 17.1 Å². The Morgan fingerprint density at radius 3 is 2.67 bits per heavy atom. The number of likely N-dealkylation sites (tertiary alicyclic amines) is 1. The molecule has 0 aliphatic carbocycles. The van der Waals surface area contributed by atoms with Crippen molar-refractivity contribution < 1.29 is 9.53 Å². The number of carbonyl (C=O) groups is 1. The number of ether oxygens (including phenoxy) is 1. The lowest BCUT2D eigenvalue weighted by Crippen LogP contribution is -2.35. The summed E-state index contributed by atoms with van der Waals surface area (Å²) in [5.74, 6) is 0.517. The van der Waals surface area contributed by atoms with Gasteiger partial charge in [0.15, 0.2) is 5.78 Å². The van der Waals surface area contributed by atoms with Crippen LogP contribution in [0.1, 0.15) is 28.9 Å². The second-order valence-electron chi connectivity index (χ2n) is 8.73.